The second kappa shape index (κ2) is 9.42. The molecule has 2 N–H and O–H groups in total. The van der Waals surface area contributed by atoms with E-state index in [1.54, 1.807) is 37.3 Å². The van der Waals surface area contributed by atoms with Gasteiger partial charge in [0.05, 0.1) is 24.1 Å². The number of carbonyl (C=O) groups is 2. The molecule has 3 aromatic rings. The molecule has 30 heavy (non-hydrogen) atoms. The molecule has 0 saturated heterocycles. The van der Waals surface area contributed by atoms with E-state index in [1.165, 1.54) is 7.11 Å². The topological polar surface area (TPSA) is 102 Å². The molecule has 0 fully saturated rings. The molecule has 0 bridgehead atoms. The normalized spacial score (nSPS) is 11.1. The van der Waals surface area contributed by atoms with Crippen molar-refractivity contribution in [3.63, 3.8) is 0 Å². The largest absolute Gasteiger partial charge is 0.493 e. The van der Waals surface area contributed by atoms with E-state index in [9.17, 15) is 9.59 Å². The Bertz CT molecular complexity index is 1070. The summed E-state index contributed by atoms with van der Waals surface area (Å²) in [6.45, 7) is 1.27. The van der Waals surface area contributed by atoms with E-state index in [2.05, 4.69) is 10.5 Å². The summed E-state index contributed by atoms with van der Waals surface area (Å²) in [5, 5.41) is 12.9. The van der Waals surface area contributed by atoms with E-state index in [0.29, 0.717) is 28.3 Å². The SMILES string of the molecule is COc1cc(/C(C)=N\NC(=O)c2ccccc2-n2cccc2)ccc1OCC(=O)O. The maximum Gasteiger partial charge on any atom is 0.341 e. The molecular weight excluding hydrogens is 386 g/mol. The fraction of sp³-hybridized carbons (Fsp3) is 0.136. The van der Waals surface area contributed by atoms with Gasteiger partial charge in [0, 0.05) is 18.0 Å². The molecule has 0 saturated carbocycles. The number of aromatic nitrogens is 1. The number of methoxy groups -OCH3 is 1. The van der Waals surface area contributed by atoms with Gasteiger partial charge in [-0.25, -0.2) is 10.2 Å². The predicted molar refractivity (Wildman–Crippen MR) is 112 cm³/mol. The first-order chi connectivity index (χ1) is 14.5. The molecule has 3 rings (SSSR count). The van der Waals surface area contributed by atoms with Gasteiger partial charge >= 0.3 is 5.97 Å². The van der Waals surface area contributed by atoms with Crippen molar-refractivity contribution in [3.8, 4) is 17.2 Å². The van der Waals surface area contributed by atoms with Gasteiger partial charge in [-0.1, -0.05) is 12.1 Å². The summed E-state index contributed by atoms with van der Waals surface area (Å²) in [7, 11) is 1.46. The summed E-state index contributed by atoms with van der Waals surface area (Å²) in [6.07, 6.45) is 3.72. The van der Waals surface area contributed by atoms with Gasteiger partial charge in [-0.05, 0) is 49.4 Å². The Hall–Kier alpha value is -4.07. The van der Waals surface area contributed by atoms with Crippen LogP contribution in [0.15, 0.2) is 72.1 Å². The zero-order chi connectivity index (χ0) is 21.5. The van der Waals surface area contributed by atoms with E-state index in [0.717, 1.165) is 5.69 Å². The lowest BCUT2D eigenvalue weighted by Gasteiger charge is -2.11. The van der Waals surface area contributed by atoms with E-state index in [-0.39, 0.29) is 5.91 Å². The molecular formula is C22H21N3O5. The number of carboxylic acids is 1. The van der Waals surface area contributed by atoms with Gasteiger partial charge in [-0.15, -0.1) is 0 Å². The predicted octanol–water partition coefficient (Wildman–Crippen LogP) is 3.10. The van der Waals surface area contributed by atoms with Crippen LogP contribution in [0.4, 0.5) is 0 Å². The average molecular weight is 407 g/mol. The number of para-hydroxylation sites is 1. The van der Waals surface area contributed by atoms with Crippen LogP contribution in [-0.2, 0) is 4.79 Å². The van der Waals surface area contributed by atoms with Gasteiger partial charge in [-0.2, -0.15) is 5.10 Å². The summed E-state index contributed by atoms with van der Waals surface area (Å²) in [4.78, 5) is 23.4. The molecule has 2 aromatic carbocycles. The maximum atomic E-state index is 12.7. The van der Waals surface area contributed by atoms with Crippen LogP contribution in [0.1, 0.15) is 22.8 Å². The fourth-order valence-electron chi connectivity index (χ4n) is 2.80. The highest BCUT2D eigenvalue weighted by atomic mass is 16.5. The van der Waals surface area contributed by atoms with Gasteiger partial charge in [0.2, 0.25) is 0 Å². The van der Waals surface area contributed by atoms with Gasteiger partial charge < -0.3 is 19.1 Å². The van der Waals surface area contributed by atoms with Crippen molar-refractivity contribution in [1.29, 1.82) is 0 Å². The minimum atomic E-state index is -1.08. The molecule has 0 aliphatic rings. The number of hydrazone groups is 1. The van der Waals surface area contributed by atoms with E-state index >= 15 is 0 Å². The Morgan fingerprint density at radius 1 is 1.07 bits per heavy atom. The van der Waals surface area contributed by atoms with Crippen LogP contribution in [-0.4, -0.2) is 41.0 Å². The lowest BCUT2D eigenvalue weighted by Crippen LogP contribution is -2.21. The van der Waals surface area contributed by atoms with Crippen LogP contribution in [0.25, 0.3) is 5.69 Å². The standard InChI is InChI=1S/C22H21N3O5/c1-15(16-9-10-19(20(13-16)29-2)30-14-21(26)27)23-24-22(28)17-7-3-4-8-18(17)25-11-5-6-12-25/h3-13H,14H2,1-2H3,(H,24,28)(H,26,27)/b23-15-. The average Bonchev–Trinajstić information content (AvgIpc) is 3.30. The number of carboxylic acid groups (broad SMARTS) is 1. The minimum Gasteiger partial charge on any atom is -0.493 e. The maximum absolute atomic E-state index is 12.7. The van der Waals surface area contributed by atoms with E-state index in [4.69, 9.17) is 14.6 Å². The first-order valence-corrected chi connectivity index (χ1v) is 9.09. The van der Waals surface area contributed by atoms with Gasteiger partial charge in [0.25, 0.3) is 5.91 Å². The number of nitrogens with zero attached hydrogens (tertiary/aromatic N) is 2. The molecule has 8 heteroatoms. The number of benzene rings is 2. The van der Waals surface area contributed by atoms with Crippen molar-refractivity contribution in [2.45, 2.75) is 6.92 Å². The fourth-order valence-corrected chi connectivity index (χ4v) is 2.80. The van der Waals surface area contributed by atoms with Crippen molar-refractivity contribution >= 4 is 17.6 Å². The van der Waals surface area contributed by atoms with Crippen molar-refractivity contribution in [2.24, 2.45) is 5.10 Å². The summed E-state index contributed by atoms with van der Waals surface area (Å²) in [5.74, 6) is -0.748. The molecule has 0 spiro atoms. The Kier molecular flexibility index (Phi) is 6.49. The second-order valence-corrected chi connectivity index (χ2v) is 6.29. The molecule has 1 aromatic heterocycles. The van der Waals surface area contributed by atoms with E-state index in [1.807, 2.05) is 41.2 Å². The second-order valence-electron chi connectivity index (χ2n) is 6.29. The highest BCUT2D eigenvalue weighted by molar-refractivity contribution is 6.02. The first-order valence-electron chi connectivity index (χ1n) is 9.09. The number of hydrogen-bond donors (Lipinski definition) is 2. The van der Waals surface area contributed by atoms with E-state index < -0.39 is 12.6 Å². The lowest BCUT2D eigenvalue weighted by atomic mass is 10.1. The van der Waals surface area contributed by atoms with Crippen LogP contribution < -0.4 is 14.9 Å². The molecule has 154 valence electrons. The van der Waals surface area contributed by atoms with Crippen LogP contribution in [0.2, 0.25) is 0 Å². The number of carbonyl (C=O) groups excluding carboxylic acids is 1. The lowest BCUT2D eigenvalue weighted by molar-refractivity contribution is -0.139. The molecule has 0 radical (unpaired) electrons. The molecule has 0 atom stereocenters. The van der Waals surface area contributed by atoms with Crippen molar-refractivity contribution < 1.29 is 24.2 Å². The first kappa shape index (κ1) is 20.7. The zero-order valence-corrected chi connectivity index (χ0v) is 16.5. The number of amides is 1. The third kappa shape index (κ3) is 4.85. The third-order valence-electron chi connectivity index (χ3n) is 4.29. The summed E-state index contributed by atoms with van der Waals surface area (Å²) >= 11 is 0. The number of nitrogens with one attached hydrogen (secondary N) is 1. The highest BCUT2D eigenvalue weighted by Crippen LogP contribution is 2.28. The number of rotatable bonds is 8. The Labute approximate surface area is 173 Å². The van der Waals surface area contributed by atoms with Crippen LogP contribution >= 0.6 is 0 Å². The van der Waals surface area contributed by atoms with Crippen molar-refractivity contribution in [3.05, 3.63) is 78.1 Å². The zero-order valence-electron chi connectivity index (χ0n) is 16.5. The number of aliphatic carboxylic acids is 1. The van der Waals surface area contributed by atoms with Crippen LogP contribution in [0.3, 0.4) is 0 Å². The van der Waals surface area contributed by atoms with Crippen LogP contribution in [0.5, 0.6) is 11.5 Å². The Morgan fingerprint density at radius 2 is 1.80 bits per heavy atom. The molecule has 1 heterocycles. The summed E-state index contributed by atoms with van der Waals surface area (Å²) in [6, 6.07) is 16.0. The smallest absolute Gasteiger partial charge is 0.341 e. The Balaban J connectivity index is 1.77. The molecule has 0 unspecified atom stereocenters. The monoisotopic (exact) mass is 407 g/mol. The van der Waals surface area contributed by atoms with Gasteiger partial charge in [0.1, 0.15) is 0 Å². The summed E-state index contributed by atoms with van der Waals surface area (Å²) < 4.78 is 12.3. The number of hydrogen-bond acceptors (Lipinski definition) is 5. The molecule has 1 amide bonds. The molecule has 0 aliphatic carbocycles. The van der Waals surface area contributed by atoms with Crippen molar-refractivity contribution in [2.75, 3.05) is 13.7 Å². The Morgan fingerprint density at radius 3 is 2.50 bits per heavy atom. The minimum absolute atomic E-state index is 0.307. The highest BCUT2D eigenvalue weighted by Gasteiger charge is 2.13. The molecule has 0 aliphatic heterocycles. The van der Waals surface area contributed by atoms with Gasteiger partial charge in [-0.3, -0.25) is 4.79 Å². The quantitative estimate of drug-likeness (QED) is 0.441. The third-order valence-corrected chi connectivity index (χ3v) is 4.29. The van der Waals surface area contributed by atoms with Crippen molar-refractivity contribution in [1.82, 2.24) is 9.99 Å². The molecule has 8 nitrogen and oxygen atoms in total. The number of ether oxygens (including phenoxy) is 2. The van der Waals surface area contributed by atoms with Crippen LogP contribution in [0, 0.1) is 0 Å². The summed E-state index contributed by atoms with van der Waals surface area (Å²) in [5.41, 5.74) is 5.04. The van der Waals surface area contributed by atoms with Gasteiger partial charge in [0.15, 0.2) is 18.1 Å².